The smallest absolute Gasteiger partial charge is 0.260 e. The number of ether oxygens (including phenoxy) is 1. The molecule has 0 bridgehead atoms. The van der Waals surface area contributed by atoms with Crippen molar-refractivity contribution in [1.82, 2.24) is 24.4 Å². The predicted molar refractivity (Wildman–Crippen MR) is 88.3 cm³/mol. The molecule has 9 nitrogen and oxygen atoms in total. The zero-order valence-electron chi connectivity index (χ0n) is 14.4. The van der Waals surface area contributed by atoms with E-state index in [1.54, 1.807) is 7.11 Å². The van der Waals surface area contributed by atoms with Gasteiger partial charge in [-0.25, -0.2) is 13.4 Å². The van der Waals surface area contributed by atoms with Crippen molar-refractivity contribution in [3.63, 3.8) is 0 Å². The van der Waals surface area contributed by atoms with Crippen molar-refractivity contribution in [3.05, 3.63) is 23.7 Å². The number of imidazole rings is 1. The Labute approximate surface area is 146 Å². The number of rotatable bonds is 7. The maximum atomic E-state index is 13.0. The molecule has 1 aliphatic heterocycles. The molecule has 1 fully saturated rings. The third-order valence-corrected chi connectivity index (χ3v) is 6.10. The highest BCUT2D eigenvalue weighted by Gasteiger charge is 2.38. The molecule has 10 heteroatoms. The van der Waals surface area contributed by atoms with Crippen LogP contribution in [-0.4, -0.2) is 53.1 Å². The molecule has 3 heterocycles. The SMILES string of the molecule is CCc1ncc(S(=O)(=O)N2CCCCC2c2nc(CCOC)no2)[nH]1. The number of hydrogen-bond donors (Lipinski definition) is 1. The molecule has 1 N–H and O–H groups in total. The lowest BCUT2D eigenvalue weighted by Crippen LogP contribution is -2.38. The van der Waals surface area contributed by atoms with Gasteiger partial charge in [-0.1, -0.05) is 18.5 Å². The number of piperidine rings is 1. The molecule has 0 amide bonds. The van der Waals surface area contributed by atoms with Crippen LogP contribution >= 0.6 is 0 Å². The van der Waals surface area contributed by atoms with Gasteiger partial charge in [0.15, 0.2) is 10.9 Å². The Morgan fingerprint density at radius 2 is 2.28 bits per heavy atom. The lowest BCUT2D eigenvalue weighted by atomic mass is 10.1. The third-order valence-electron chi connectivity index (χ3n) is 4.28. The lowest BCUT2D eigenvalue weighted by Gasteiger charge is -2.31. The Morgan fingerprint density at radius 1 is 1.44 bits per heavy atom. The van der Waals surface area contributed by atoms with Gasteiger partial charge >= 0.3 is 0 Å². The average molecular weight is 369 g/mol. The fourth-order valence-corrected chi connectivity index (χ4v) is 4.50. The molecule has 0 radical (unpaired) electrons. The zero-order chi connectivity index (χ0) is 17.9. The highest BCUT2D eigenvalue weighted by atomic mass is 32.2. The van der Waals surface area contributed by atoms with Crippen molar-refractivity contribution in [1.29, 1.82) is 0 Å². The summed E-state index contributed by atoms with van der Waals surface area (Å²) in [5, 5.41) is 4.03. The van der Waals surface area contributed by atoms with E-state index in [0.29, 0.717) is 50.0 Å². The Kier molecular flexibility index (Phi) is 5.50. The first kappa shape index (κ1) is 18.0. The minimum atomic E-state index is -3.69. The summed E-state index contributed by atoms with van der Waals surface area (Å²) >= 11 is 0. The van der Waals surface area contributed by atoms with Crippen LogP contribution in [0.2, 0.25) is 0 Å². The van der Waals surface area contributed by atoms with E-state index in [2.05, 4.69) is 20.1 Å². The maximum Gasteiger partial charge on any atom is 0.260 e. The standard InChI is InChI=1S/C15H23N5O4S/c1-3-12-16-10-14(17-12)25(21,22)20-8-5-4-6-11(20)15-18-13(19-24-15)7-9-23-2/h10-11H,3-9H2,1-2H3,(H,16,17). The van der Waals surface area contributed by atoms with E-state index in [9.17, 15) is 8.42 Å². The molecule has 2 aromatic heterocycles. The second kappa shape index (κ2) is 7.63. The lowest BCUT2D eigenvalue weighted by molar-refractivity contribution is 0.197. The number of aryl methyl sites for hydroxylation is 1. The monoisotopic (exact) mass is 369 g/mol. The normalized spacial score (nSPS) is 19.4. The number of nitrogens with zero attached hydrogens (tertiary/aromatic N) is 4. The van der Waals surface area contributed by atoms with Crippen molar-refractivity contribution in [2.45, 2.75) is 50.1 Å². The van der Waals surface area contributed by atoms with Crippen molar-refractivity contribution < 1.29 is 17.7 Å². The molecule has 2 aromatic rings. The summed E-state index contributed by atoms with van der Waals surface area (Å²) in [6.45, 7) is 2.82. The highest BCUT2D eigenvalue weighted by molar-refractivity contribution is 7.89. The number of aromatic amines is 1. The van der Waals surface area contributed by atoms with Crippen LogP contribution in [0.25, 0.3) is 0 Å². The van der Waals surface area contributed by atoms with Gasteiger partial charge < -0.3 is 14.2 Å². The Hall–Kier alpha value is -1.78. The van der Waals surface area contributed by atoms with E-state index in [1.807, 2.05) is 6.92 Å². The van der Waals surface area contributed by atoms with Crippen LogP contribution in [0.1, 0.15) is 49.8 Å². The van der Waals surface area contributed by atoms with E-state index in [-0.39, 0.29) is 5.03 Å². The molecule has 1 unspecified atom stereocenters. The molecule has 25 heavy (non-hydrogen) atoms. The van der Waals surface area contributed by atoms with Gasteiger partial charge in [0.05, 0.1) is 12.8 Å². The first-order chi connectivity index (χ1) is 12.1. The second-order valence-corrected chi connectivity index (χ2v) is 7.83. The molecule has 3 rings (SSSR count). The Balaban J connectivity index is 1.86. The summed E-state index contributed by atoms with van der Waals surface area (Å²) in [5.41, 5.74) is 0. The summed E-state index contributed by atoms with van der Waals surface area (Å²) in [4.78, 5) is 11.3. The fourth-order valence-electron chi connectivity index (χ4n) is 2.92. The average Bonchev–Trinajstić information content (AvgIpc) is 3.29. The van der Waals surface area contributed by atoms with Gasteiger partial charge in [-0.3, -0.25) is 0 Å². The number of methoxy groups -OCH3 is 1. The first-order valence-electron chi connectivity index (χ1n) is 8.43. The van der Waals surface area contributed by atoms with E-state index < -0.39 is 16.1 Å². The van der Waals surface area contributed by atoms with E-state index in [0.717, 1.165) is 12.8 Å². The first-order valence-corrected chi connectivity index (χ1v) is 9.87. The summed E-state index contributed by atoms with van der Waals surface area (Å²) in [7, 11) is -2.09. The summed E-state index contributed by atoms with van der Waals surface area (Å²) in [6.07, 6.45) is 4.91. The van der Waals surface area contributed by atoms with Gasteiger partial charge in [0.25, 0.3) is 10.0 Å². The molecule has 0 aromatic carbocycles. The van der Waals surface area contributed by atoms with Crippen molar-refractivity contribution >= 4 is 10.0 Å². The quantitative estimate of drug-likeness (QED) is 0.786. The molecule has 1 saturated heterocycles. The molecule has 1 aliphatic rings. The molecular formula is C15H23N5O4S. The van der Waals surface area contributed by atoms with Gasteiger partial charge in [-0.15, -0.1) is 0 Å². The maximum absolute atomic E-state index is 13.0. The van der Waals surface area contributed by atoms with Crippen LogP contribution in [0.4, 0.5) is 0 Å². The van der Waals surface area contributed by atoms with Crippen molar-refractivity contribution in [2.75, 3.05) is 20.3 Å². The minimum Gasteiger partial charge on any atom is -0.384 e. The molecule has 0 aliphatic carbocycles. The Bertz CT molecular complexity index is 800. The number of H-pyrrole nitrogens is 1. The molecule has 0 spiro atoms. The van der Waals surface area contributed by atoms with Crippen LogP contribution in [0.15, 0.2) is 15.7 Å². The zero-order valence-corrected chi connectivity index (χ0v) is 15.3. The number of hydrogen-bond acceptors (Lipinski definition) is 7. The summed E-state index contributed by atoms with van der Waals surface area (Å²) in [6, 6.07) is -0.448. The number of aromatic nitrogens is 4. The Morgan fingerprint density at radius 3 is 3.00 bits per heavy atom. The van der Waals surface area contributed by atoms with Gasteiger partial charge in [0.1, 0.15) is 11.9 Å². The van der Waals surface area contributed by atoms with E-state index >= 15 is 0 Å². The third kappa shape index (κ3) is 3.75. The molecule has 138 valence electrons. The van der Waals surface area contributed by atoms with E-state index in [4.69, 9.17) is 9.26 Å². The van der Waals surface area contributed by atoms with Gasteiger partial charge in [0, 0.05) is 26.5 Å². The molecular weight excluding hydrogens is 346 g/mol. The van der Waals surface area contributed by atoms with Crippen LogP contribution in [0.3, 0.4) is 0 Å². The summed E-state index contributed by atoms with van der Waals surface area (Å²) in [5.74, 6) is 1.51. The minimum absolute atomic E-state index is 0.107. The highest BCUT2D eigenvalue weighted by Crippen LogP contribution is 2.34. The van der Waals surface area contributed by atoms with E-state index in [1.165, 1.54) is 10.5 Å². The number of sulfonamides is 1. The topological polar surface area (TPSA) is 114 Å². The van der Waals surface area contributed by atoms with Crippen molar-refractivity contribution in [2.24, 2.45) is 0 Å². The fraction of sp³-hybridized carbons (Fsp3) is 0.667. The predicted octanol–water partition coefficient (Wildman–Crippen LogP) is 1.46. The van der Waals surface area contributed by atoms with Crippen LogP contribution in [0.5, 0.6) is 0 Å². The molecule has 1 atom stereocenters. The van der Waals surface area contributed by atoms with Crippen LogP contribution in [0, 0.1) is 0 Å². The second-order valence-electron chi connectivity index (χ2n) is 5.97. The van der Waals surface area contributed by atoms with Gasteiger partial charge in [0.2, 0.25) is 5.89 Å². The van der Waals surface area contributed by atoms with Gasteiger partial charge in [-0.2, -0.15) is 9.29 Å². The van der Waals surface area contributed by atoms with Gasteiger partial charge in [-0.05, 0) is 12.8 Å². The van der Waals surface area contributed by atoms with Crippen molar-refractivity contribution in [3.8, 4) is 0 Å². The number of nitrogens with one attached hydrogen (secondary N) is 1. The molecule has 0 saturated carbocycles. The summed E-state index contributed by atoms with van der Waals surface area (Å²) < 4.78 is 37.8. The largest absolute Gasteiger partial charge is 0.384 e. The van der Waals surface area contributed by atoms with Crippen LogP contribution in [-0.2, 0) is 27.6 Å². The van der Waals surface area contributed by atoms with Crippen LogP contribution < -0.4 is 0 Å².